The van der Waals surface area contributed by atoms with Gasteiger partial charge in [-0.1, -0.05) is 73.7 Å². The predicted octanol–water partition coefficient (Wildman–Crippen LogP) is 7.41. The number of fused-ring (bicyclic) bond motifs is 2. The molecule has 0 fully saturated rings. The van der Waals surface area contributed by atoms with Crippen LogP contribution in [0.5, 0.6) is 5.75 Å². The van der Waals surface area contributed by atoms with Gasteiger partial charge in [-0.2, -0.15) is 0 Å². The summed E-state index contributed by atoms with van der Waals surface area (Å²) in [4.78, 5) is 31.6. The standard InChI is InChI=1S/C40H50N4O5/c1-28-24-44(29(2)27-45)39(46)35-23-33(41-40(47)42-36-19-12-17-32-16-8-9-18-34(32)36)20-21-37(35)49-30(3)13-10-11-22-48-38(28)26-43(4)25-31-14-6-5-7-15-31/h5-9,12,14-21,23,28-30,38,45H,10-11,13,22,24-27H2,1-4H3,(H2,41,42,47)/t28-,29+,30+,38-/m0/s1. The number of nitrogens with zero attached hydrogens (tertiary/aromatic N) is 2. The summed E-state index contributed by atoms with van der Waals surface area (Å²) in [5.74, 6) is 0.144. The lowest BCUT2D eigenvalue weighted by atomic mass is 10.0. The lowest BCUT2D eigenvalue weighted by molar-refractivity contribution is -0.0177. The van der Waals surface area contributed by atoms with E-state index < -0.39 is 12.1 Å². The molecule has 1 heterocycles. The summed E-state index contributed by atoms with van der Waals surface area (Å²) in [6.07, 6.45) is 2.36. The summed E-state index contributed by atoms with van der Waals surface area (Å²) in [7, 11) is 2.09. The van der Waals surface area contributed by atoms with Crippen LogP contribution in [-0.2, 0) is 11.3 Å². The zero-order chi connectivity index (χ0) is 34.8. The molecule has 0 aliphatic carbocycles. The van der Waals surface area contributed by atoms with Crippen molar-refractivity contribution in [2.24, 2.45) is 5.92 Å². The van der Waals surface area contributed by atoms with Crippen LogP contribution in [0.2, 0.25) is 0 Å². The van der Waals surface area contributed by atoms with Crippen molar-refractivity contribution in [2.45, 2.75) is 64.8 Å². The number of aliphatic hydroxyl groups is 1. The summed E-state index contributed by atoms with van der Waals surface area (Å²) in [6.45, 7) is 8.23. The Kier molecular flexibility index (Phi) is 12.6. The largest absolute Gasteiger partial charge is 0.490 e. The van der Waals surface area contributed by atoms with E-state index in [4.69, 9.17) is 9.47 Å². The minimum Gasteiger partial charge on any atom is -0.490 e. The first-order valence-electron chi connectivity index (χ1n) is 17.3. The Morgan fingerprint density at radius 3 is 2.53 bits per heavy atom. The third kappa shape index (κ3) is 9.81. The molecule has 4 aromatic rings. The van der Waals surface area contributed by atoms with Crippen molar-refractivity contribution in [3.63, 3.8) is 0 Å². The van der Waals surface area contributed by atoms with Crippen LogP contribution in [0.1, 0.15) is 56.0 Å². The molecule has 1 aliphatic heterocycles. The molecule has 4 aromatic carbocycles. The Labute approximate surface area is 290 Å². The van der Waals surface area contributed by atoms with Crippen LogP contribution in [0.15, 0.2) is 91.0 Å². The molecule has 0 radical (unpaired) electrons. The summed E-state index contributed by atoms with van der Waals surface area (Å²) in [5.41, 5.74) is 2.70. The molecular weight excluding hydrogens is 616 g/mol. The van der Waals surface area contributed by atoms with Gasteiger partial charge >= 0.3 is 6.03 Å². The predicted molar refractivity (Wildman–Crippen MR) is 196 cm³/mol. The number of aliphatic hydroxyl groups excluding tert-OH is 1. The summed E-state index contributed by atoms with van der Waals surface area (Å²) in [6, 6.07) is 28.2. The Morgan fingerprint density at radius 2 is 1.73 bits per heavy atom. The molecule has 0 saturated carbocycles. The van der Waals surface area contributed by atoms with E-state index in [1.807, 2.05) is 74.5 Å². The average Bonchev–Trinajstić information content (AvgIpc) is 3.10. The quantitative estimate of drug-likeness (QED) is 0.181. The average molecular weight is 667 g/mol. The van der Waals surface area contributed by atoms with Gasteiger partial charge in [-0.15, -0.1) is 0 Å². The Bertz CT molecular complexity index is 1680. The molecule has 9 nitrogen and oxygen atoms in total. The Morgan fingerprint density at radius 1 is 0.980 bits per heavy atom. The van der Waals surface area contributed by atoms with Crippen molar-refractivity contribution >= 4 is 34.1 Å². The van der Waals surface area contributed by atoms with Crippen molar-refractivity contribution in [3.8, 4) is 5.75 Å². The number of anilines is 2. The first-order chi connectivity index (χ1) is 23.7. The Balaban J connectivity index is 1.39. The minimum absolute atomic E-state index is 0.0322. The van der Waals surface area contributed by atoms with Gasteiger partial charge in [0.05, 0.1) is 36.1 Å². The first kappa shape index (κ1) is 35.9. The number of nitrogens with one attached hydrogen (secondary N) is 2. The lowest BCUT2D eigenvalue weighted by Crippen LogP contribution is -2.47. The number of carbonyl (C=O) groups excluding carboxylic acids is 2. The molecule has 0 unspecified atom stereocenters. The van der Waals surface area contributed by atoms with Gasteiger partial charge in [-0.05, 0) is 75.4 Å². The smallest absolute Gasteiger partial charge is 0.323 e. The van der Waals surface area contributed by atoms with Crippen LogP contribution < -0.4 is 15.4 Å². The van der Waals surface area contributed by atoms with E-state index in [0.717, 1.165) is 36.6 Å². The fourth-order valence-electron chi connectivity index (χ4n) is 6.35. The number of hydrogen-bond acceptors (Lipinski definition) is 6. The van der Waals surface area contributed by atoms with Crippen molar-refractivity contribution in [2.75, 3.05) is 44.0 Å². The van der Waals surface area contributed by atoms with Gasteiger partial charge in [-0.25, -0.2) is 4.79 Å². The number of carbonyl (C=O) groups is 2. The van der Waals surface area contributed by atoms with Crippen LogP contribution in [0, 0.1) is 5.92 Å². The second-order valence-electron chi connectivity index (χ2n) is 13.3. The highest BCUT2D eigenvalue weighted by atomic mass is 16.5. The van der Waals surface area contributed by atoms with E-state index in [1.54, 1.807) is 23.1 Å². The topological polar surface area (TPSA) is 103 Å². The summed E-state index contributed by atoms with van der Waals surface area (Å²) in [5, 5.41) is 18.1. The first-order valence-corrected chi connectivity index (χ1v) is 17.3. The molecule has 4 atom stereocenters. The molecule has 0 spiro atoms. The summed E-state index contributed by atoms with van der Waals surface area (Å²) >= 11 is 0. The number of likely N-dealkylation sites (N-methyl/N-ethyl adjacent to an activating group) is 1. The highest BCUT2D eigenvalue weighted by molar-refractivity contribution is 6.07. The van der Waals surface area contributed by atoms with Crippen molar-refractivity contribution in [3.05, 3.63) is 102 Å². The number of hydrogen-bond donors (Lipinski definition) is 3. The zero-order valence-electron chi connectivity index (χ0n) is 29.1. The van der Waals surface area contributed by atoms with E-state index in [2.05, 4.69) is 41.6 Å². The van der Waals surface area contributed by atoms with E-state index in [0.29, 0.717) is 42.4 Å². The minimum atomic E-state index is -0.456. The third-order valence-electron chi connectivity index (χ3n) is 9.13. The fourth-order valence-corrected chi connectivity index (χ4v) is 6.35. The third-order valence-corrected chi connectivity index (χ3v) is 9.13. The van der Waals surface area contributed by atoms with Crippen molar-refractivity contribution in [1.82, 2.24) is 9.80 Å². The number of benzene rings is 4. The zero-order valence-corrected chi connectivity index (χ0v) is 29.1. The fraction of sp³-hybridized carbons (Fsp3) is 0.400. The number of ether oxygens (including phenoxy) is 2. The van der Waals surface area contributed by atoms with E-state index in [1.165, 1.54) is 5.56 Å². The van der Waals surface area contributed by atoms with Gasteiger partial charge in [0, 0.05) is 43.2 Å². The molecule has 0 aromatic heterocycles. The van der Waals surface area contributed by atoms with E-state index in [9.17, 15) is 14.7 Å². The number of amides is 3. The molecule has 9 heteroatoms. The Hall–Kier alpha value is -4.44. The molecule has 5 rings (SSSR count). The van der Waals surface area contributed by atoms with Crippen molar-refractivity contribution < 1.29 is 24.2 Å². The van der Waals surface area contributed by atoms with Crippen molar-refractivity contribution in [1.29, 1.82) is 0 Å². The molecule has 3 amide bonds. The van der Waals surface area contributed by atoms with Crippen LogP contribution >= 0.6 is 0 Å². The van der Waals surface area contributed by atoms with Gasteiger partial charge in [0.15, 0.2) is 0 Å². The highest BCUT2D eigenvalue weighted by Crippen LogP contribution is 2.29. The number of urea groups is 1. The lowest BCUT2D eigenvalue weighted by Gasteiger charge is -2.36. The molecule has 49 heavy (non-hydrogen) atoms. The van der Waals surface area contributed by atoms with Crippen LogP contribution in [-0.4, -0.2) is 78.4 Å². The van der Waals surface area contributed by atoms with E-state index >= 15 is 0 Å². The molecule has 3 N–H and O–H groups in total. The van der Waals surface area contributed by atoms with Crippen LogP contribution in [0.3, 0.4) is 0 Å². The molecule has 1 aliphatic rings. The van der Waals surface area contributed by atoms with E-state index in [-0.39, 0.29) is 30.6 Å². The summed E-state index contributed by atoms with van der Waals surface area (Å²) < 4.78 is 12.9. The highest BCUT2D eigenvalue weighted by Gasteiger charge is 2.30. The van der Waals surface area contributed by atoms with Gasteiger partial charge < -0.3 is 30.1 Å². The maximum Gasteiger partial charge on any atom is 0.323 e. The number of rotatable bonds is 8. The second-order valence-corrected chi connectivity index (χ2v) is 13.3. The van der Waals surface area contributed by atoms with Gasteiger partial charge in [0.2, 0.25) is 0 Å². The molecular formula is C40H50N4O5. The SMILES string of the molecule is C[C@@H]1CCCCO[C@@H](CN(C)Cc2ccccc2)[C@@H](C)CN([C@H](C)CO)C(=O)c2cc(NC(=O)Nc3cccc4ccccc34)ccc2O1. The molecule has 260 valence electrons. The van der Waals surface area contributed by atoms with Crippen LogP contribution in [0.25, 0.3) is 10.8 Å². The monoisotopic (exact) mass is 666 g/mol. The molecule has 0 saturated heterocycles. The van der Waals surface area contributed by atoms with Crippen LogP contribution in [0.4, 0.5) is 16.2 Å². The normalized spacial score (nSPS) is 19.8. The van der Waals surface area contributed by atoms with Gasteiger partial charge in [-0.3, -0.25) is 9.69 Å². The maximum absolute atomic E-state index is 14.5. The van der Waals surface area contributed by atoms with Gasteiger partial charge in [0.1, 0.15) is 5.75 Å². The second kappa shape index (κ2) is 17.3. The maximum atomic E-state index is 14.5. The molecule has 0 bridgehead atoms. The van der Waals surface area contributed by atoms with Gasteiger partial charge in [0.25, 0.3) is 5.91 Å².